The number of aromatic nitrogens is 1. The Morgan fingerprint density at radius 2 is 2.19 bits per heavy atom. The van der Waals surface area contributed by atoms with Crippen LogP contribution in [0.3, 0.4) is 0 Å². The highest BCUT2D eigenvalue weighted by molar-refractivity contribution is 6.43. The van der Waals surface area contributed by atoms with Crippen LogP contribution in [0.5, 0.6) is 0 Å². The van der Waals surface area contributed by atoms with Gasteiger partial charge in [0.2, 0.25) is 0 Å². The number of carboxylic acid groups (broad SMARTS) is 1. The van der Waals surface area contributed by atoms with E-state index in [0.29, 0.717) is 17.7 Å². The summed E-state index contributed by atoms with van der Waals surface area (Å²) in [5.41, 5.74) is 0.494. The molecule has 7 heteroatoms. The predicted molar refractivity (Wildman–Crippen MR) is 81.1 cm³/mol. The van der Waals surface area contributed by atoms with Crippen LogP contribution in [0, 0.1) is 0 Å². The smallest absolute Gasteiger partial charge is 0.337 e. The van der Waals surface area contributed by atoms with Crippen molar-refractivity contribution in [1.29, 1.82) is 0 Å². The number of aromatic carboxylic acids is 1. The number of nitrogens with zero attached hydrogens (tertiary/aromatic N) is 1. The van der Waals surface area contributed by atoms with Gasteiger partial charge in [-0.15, -0.1) is 11.6 Å². The first kappa shape index (κ1) is 16.3. The number of hydrogen-bond acceptors (Lipinski definition) is 2. The third-order valence-corrected chi connectivity index (χ3v) is 4.21. The van der Waals surface area contributed by atoms with Crippen LogP contribution in [0.2, 0.25) is 10.2 Å². The average molecular weight is 351 g/mol. The summed E-state index contributed by atoms with van der Waals surface area (Å²) in [6.45, 7) is 1.58. The Morgan fingerprint density at radius 1 is 1.52 bits per heavy atom. The summed E-state index contributed by atoms with van der Waals surface area (Å²) < 4.78 is 14.2. The normalized spacial score (nSPS) is 21.8. The summed E-state index contributed by atoms with van der Waals surface area (Å²) in [4.78, 5) is 14.0. The van der Waals surface area contributed by atoms with E-state index in [9.17, 15) is 9.18 Å². The lowest BCUT2D eigenvalue weighted by molar-refractivity contribution is 0.0697. The molecule has 3 nitrogen and oxygen atoms in total. The predicted octanol–water partition coefficient (Wildman–Crippen LogP) is 4.81. The fourth-order valence-corrected chi connectivity index (χ4v) is 2.64. The lowest BCUT2D eigenvalue weighted by Gasteiger charge is -2.24. The van der Waals surface area contributed by atoms with Gasteiger partial charge in [0.25, 0.3) is 0 Å². The average Bonchev–Trinajstić information content (AvgIpc) is 2.38. The van der Waals surface area contributed by atoms with Gasteiger partial charge in [0.1, 0.15) is 11.0 Å². The summed E-state index contributed by atoms with van der Waals surface area (Å²) >= 11 is 17.7. The zero-order chi connectivity index (χ0) is 15.8. The monoisotopic (exact) mass is 349 g/mol. The van der Waals surface area contributed by atoms with Gasteiger partial charge in [-0.25, -0.2) is 14.2 Å². The quantitative estimate of drug-likeness (QED) is 0.628. The van der Waals surface area contributed by atoms with Crippen molar-refractivity contribution in [3.8, 4) is 0 Å². The Balaban J connectivity index is 2.41. The van der Waals surface area contributed by atoms with Crippen molar-refractivity contribution in [2.75, 3.05) is 0 Å². The van der Waals surface area contributed by atoms with E-state index in [1.54, 1.807) is 19.1 Å². The summed E-state index contributed by atoms with van der Waals surface area (Å²) in [5, 5.41) is 8.80. The molecule has 0 amide bonds. The lowest BCUT2D eigenvalue weighted by Crippen LogP contribution is -2.20. The number of carbonyl (C=O) groups is 1. The zero-order valence-corrected chi connectivity index (χ0v) is 13.2. The molecular weight excluding hydrogens is 340 g/mol. The largest absolute Gasteiger partial charge is 0.478 e. The second kappa shape index (κ2) is 5.95. The van der Waals surface area contributed by atoms with Gasteiger partial charge >= 0.3 is 5.97 Å². The molecule has 1 unspecified atom stereocenters. The molecule has 21 heavy (non-hydrogen) atoms. The lowest BCUT2D eigenvalue weighted by atomic mass is 9.93. The van der Waals surface area contributed by atoms with Gasteiger partial charge in [-0.2, -0.15) is 0 Å². The van der Waals surface area contributed by atoms with E-state index in [2.05, 4.69) is 4.98 Å². The highest BCUT2D eigenvalue weighted by Gasteiger charge is 2.30. The number of alkyl halides is 1. The Morgan fingerprint density at radius 3 is 2.81 bits per heavy atom. The van der Waals surface area contributed by atoms with Crippen molar-refractivity contribution >= 4 is 40.8 Å². The van der Waals surface area contributed by atoms with Crippen LogP contribution in [0.1, 0.15) is 29.4 Å². The molecule has 1 aliphatic carbocycles. The molecule has 1 N–H and O–H groups in total. The van der Waals surface area contributed by atoms with Gasteiger partial charge in [0.15, 0.2) is 0 Å². The van der Waals surface area contributed by atoms with Crippen LogP contribution in [-0.4, -0.2) is 20.9 Å². The van der Waals surface area contributed by atoms with Crippen LogP contribution in [0.4, 0.5) is 4.39 Å². The van der Waals surface area contributed by atoms with Gasteiger partial charge < -0.3 is 5.11 Å². The topological polar surface area (TPSA) is 50.2 Å². The third kappa shape index (κ3) is 3.39. The highest BCUT2D eigenvalue weighted by atomic mass is 35.5. The maximum absolute atomic E-state index is 14.2. The van der Waals surface area contributed by atoms with E-state index in [1.165, 1.54) is 6.07 Å². The maximum atomic E-state index is 14.2. The van der Waals surface area contributed by atoms with Crippen molar-refractivity contribution in [3.05, 3.63) is 51.1 Å². The van der Waals surface area contributed by atoms with Crippen LogP contribution in [0.25, 0.3) is 0 Å². The number of pyridine rings is 1. The Kier molecular flexibility index (Phi) is 4.61. The standard InChI is InChI=1S/C14H11Cl3FNO2/c1-14(17)4-2-3-7(11(14)18)5-8-6-9(13(20)21)10(15)12(16)19-8/h2-3,6H,4-5H2,1H3,(H,20,21). The molecule has 1 aromatic heterocycles. The molecule has 2 rings (SSSR count). The molecule has 1 heterocycles. The van der Waals surface area contributed by atoms with Crippen LogP contribution in [0.15, 0.2) is 29.6 Å². The van der Waals surface area contributed by atoms with Crippen LogP contribution in [-0.2, 0) is 6.42 Å². The molecule has 0 saturated carbocycles. The first-order valence-electron chi connectivity index (χ1n) is 6.05. The molecule has 1 aliphatic rings. The summed E-state index contributed by atoms with van der Waals surface area (Å²) in [7, 11) is 0. The van der Waals surface area contributed by atoms with Gasteiger partial charge in [-0.05, 0) is 25.0 Å². The fraction of sp³-hybridized carbons (Fsp3) is 0.286. The SMILES string of the molecule is CC1(Cl)CC=CC(Cc2cc(C(=O)O)c(Cl)c(Cl)n2)=C1F. The molecule has 0 radical (unpaired) electrons. The zero-order valence-electron chi connectivity index (χ0n) is 11.0. The minimum atomic E-state index is -1.22. The molecule has 112 valence electrons. The van der Waals surface area contributed by atoms with Crippen molar-refractivity contribution in [2.24, 2.45) is 0 Å². The summed E-state index contributed by atoms with van der Waals surface area (Å²) in [6, 6.07) is 1.28. The third-order valence-electron chi connectivity index (χ3n) is 3.13. The Labute approximate surface area is 136 Å². The second-order valence-corrected chi connectivity index (χ2v) is 6.46. The van der Waals surface area contributed by atoms with E-state index in [1.807, 2.05) is 0 Å². The first-order chi connectivity index (χ1) is 9.72. The van der Waals surface area contributed by atoms with Crippen LogP contribution < -0.4 is 0 Å². The maximum Gasteiger partial charge on any atom is 0.337 e. The fourth-order valence-electron chi connectivity index (χ4n) is 2.05. The molecule has 0 bridgehead atoms. The Hall–Kier alpha value is -1.10. The van der Waals surface area contributed by atoms with E-state index in [4.69, 9.17) is 39.9 Å². The van der Waals surface area contributed by atoms with Gasteiger partial charge in [-0.1, -0.05) is 35.4 Å². The highest BCUT2D eigenvalue weighted by Crippen LogP contribution is 2.37. The van der Waals surface area contributed by atoms with Gasteiger partial charge in [0, 0.05) is 12.1 Å². The molecule has 0 saturated heterocycles. The van der Waals surface area contributed by atoms with Gasteiger partial charge in [-0.3, -0.25) is 0 Å². The van der Waals surface area contributed by atoms with Gasteiger partial charge in [0.05, 0.1) is 15.5 Å². The Bertz CT molecular complexity index is 668. The molecule has 1 atom stereocenters. The number of halogens is 4. The molecule has 0 fully saturated rings. The second-order valence-electron chi connectivity index (χ2n) is 4.89. The van der Waals surface area contributed by atoms with E-state index >= 15 is 0 Å². The van der Waals surface area contributed by atoms with Crippen molar-refractivity contribution in [1.82, 2.24) is 4.98 Å². The summed E-state index contributed by atoms with van der Waals surface area (Å²) in [5.74, 6) is -1.67. The minimum absolute atomic E-state index is 0.0851. The molecule has 0 aliphatic heterocycles. The molecule has 0 aromatic carbocycles. The van der Waals surface area contributed by atoms with E-state index < -0.39 is 16.7 Å². The molecule has 0 spiro atoms. The number of hydrogen-bond donors (Lipinski definition) is 1. The van der Waals surface area contributed by atoms with Crippen molar-refractivity contribution in [2.45, 2.75) is 24.6 Å². The number of allylic oxidation sites excluding steroid dienone is 4. The number of carboxylic acids is 1. The van der Waals surface area contributed by atoms with Crippen LogP contribution >= 0.6 is 34.8 Å². The van der Waals surface area contributed by atoms with Crippen molar-refractivity contribution < 1.29 is 14.3 Å². The van der Waals surface area contributed by atoms with E-state index in [0.717, 1.165) is 0 Å². The first-order valence-corrected chi connectivity index (χ1v) is 7.18. The minimum Gasteiger partial charge on any atom is -0.478 e. The van der Waals surface area contributed by atoms with Crippen molar-refractivity contribution in [3.63, 3.8) is 0 Å². The molecular formula is C14H11Cl3FNO2. The number of rotatable bonds is 3. The summed E-state index contributed by atoms with van der Waals surface area (Å²) in [6.07, 6.45) is 3.85. The van der Waals surface area contributed by atoms with E-state index in [-0.39, 0.29) is 22.2 Å². The molecule has 1 aromatic rings.